The molecule has 0 saturated heterocycles. The van der Waals surface area contributed by atoms with Crippen LogP contribution in [0, 0.1) is 0 Å². The van der Waals surface area contributed by atoms with Gasteiger partial charge >= 0.3 is 36.7 Å². The number of carbonyl (C=O) groups excluding carboxylic acids is 1. The van der Waals surface area contributed by atoms with Crippen LogP contribution < -0.4 is 48.8 Å². The van der Waals surface area contributed by atoms with E-state index in [2.05, 4.69) is 0 Å². The maximum Gasteiger partial charge on any atom is 1.00 e. The van der Waals surface area contributed by atoms with Crippen molar-refractivity contribution in [2.45, 2.75) is 0 Å². The van der Waals surface area contributed by atoms with Crippen LogP contribution in [-0.2, 0) is 4.74 Å². The third-order valence-electron chi connectivity index (χ3n) is 2.47. The quantitative estimate of drug-likeness (QED) is 0.434. The van der Waals surface area contributed by atoms with E-state index in [9.17, 15) is 14.9 Å². The van der Waals surface area contributed by atoms with Crippen molar-refractivity contribution in [1.82, 2.24) is 0 Å². The second-order valence-electron chi connectivity index (χ2n) is 3.78. The van der Waals surface area contributed by atoms with Crippen LogP contribution >= 0.6 is 0 Å². The van der Waals surface area contributed by atoms with Crippen LogP contribution in [0.25, 0.3) is 0 Å². The first-order valence-corrected chi connectivity index (χ1v) is 5.61. The van der Waals surface area contributed by atoms with E-state index in [0.29, 0.717) is 6.61 Å². The molecule has 2 rings (SSSR count). The fraction of sp³-hybridized carbons (Fsp3) is 0.364. The van der Waals surface area contributed by atoms with E-state index in [1.165, 1.54) is 19.2 Å². The zero-order valence-corrected chi connectivity index (χ0v) is 13.3. The van der Waals surface area contributed by atoms with Crippen molar-refractivity contribution in [2.24, 2.45) is 0 Å². The van der Waals surface area contributed by atoms with Gasteiger partial charge in [-0.25, -0.2) is 0 Å². The maximum absolute atomic E-state index is 11.2. The van der Waals surface area contributed by atoms with Crippen molar-refractivity contribution in [3.8, 4) is 17.2 Å². The van der Waals surface area contributed by atoms with Crippen molar-refractivity contribution in [3.05, 3.63) is 17.7 Å². The Morgan fingerprint density at radius 1 is 1.50 bits per heavy atom. The summed E-state index contributed by atoms with van der Waals surface area (Å²) in [6.45, 7) is 0.423. The van der Waals surface area contributed by atoms with Gasteiger partial charge in [0.25, 0.3) is 0 Å². The van der Waals surface area contributed by atoms with Crippen molar-refractivity contribution >= 4 is 13.1 Å². The number of hydrogen-bond acceptors (Lipinski definition) is 7. The number of hydrogen-bond donors (Lipinski definition) is 1. The second-order valence-corrected chi connectivity index (χ2v) is 3.78. The fourth-order valence-corrected chi connectivity index (χ4v) is 1.66. The first kappa shape index (κ1) is 17.1. The van der Waals surface area contributed by atoms with E-state index in [4.69, 9.17) is 18.9 Å². The van der Waals surface area contributed by atoms with Gasteiger partial charge in [-0.1, -0.05) is 0 Å². The SMILES string of the molecule is COCCOc1ccc2c(c1C(=O)[O-])OB(O)CO2.[Na+]. The average Bonchev–Trinajstić information content (AvgIpc) is 2.38. The second kappa shape index (κ2) is 7.75. The Morgan fingerprint density at radius 2 is 2.25 bits per heavy atom. The van der Waals surface area contributed by atoms with Gasteiger partial charge in [-0.15, -0.1) is 0 Å². The van der Waals surface area contributed by atoms with E-state index in [-0.39, 0.29) is 65.5 Å². The van der Waals surface area contributed by atoms with Crippen LogP contribution in [0.1, 0.15) is 10.4 Å². The monoisotopic (exact) mass is 290 g/mol. The zero-order chi connectivity index (χ0) is 13.8. The van der Waals surface area contributed by atoms with Gasteiger partial charge in [-0.3, -0.25) is 0 Å². The van der Waals surface area contributed by atoms with Crippen LogP contribution in [0.5, 0.6) is 17.2 Å². The van der Waals surface area contributed by atoms with Gasteiger partial charge in [0.15, 0.2) is 11.5 Å². The Hall–Kier alpha value is -0.925. The summed E-state index contributed by atoms with van der Waals surface area (Å²) < 4.78 is 20.3. The molecule has 20 heavy (non-hydrogen) atoms. The Kier molecular flexibility index (Phi) is 6.64. The number of ether oxygens (including phenoxy) is 3. The molecule has 0 saturated carbocycles. The van der Waals surface area contributed by atoms with E-state index in [1.807, 2.05) is 0 Å². The predicted molar refractivity (Wildman–Crippen MR) is 62.2 cm³/mol. The fourth-order valence-electron chi connectivity index (χ4n) is 1.66. The van der Waals surface area contributed by atoms with Crippen molar-refractivity contribution in [2.75, 3.05) is 26.8 Å². The van der Waals surface area contributed by atoms with Crippen LogP contribution in [0.2, 0.25) is 0 Å². The third kappa shape index (κ3) is 3.80. The normalized spacial score (nSPS) is 12.6. The van der Waals surface area contributed by atoms with E-state index >= 15 is 0 Å². The molecule has 0 aliphatic carbocycles. The smallest absolute Gasteiger partial charge is 0.545 e. The standard InChI is InChI=1S/C11H13BO7.Na/c1-16-4-5-17-7-2-3-8-10(9(7)11(13)14)19-12(15)6-18-8;/h2-3,15H,4-6H2,1H3,(H,13,14);/q;+1/p-1. The summed E-state index contributed by atoms with van der Waals surface area (Å²) in [7, 11) is 0.281. The summed E-state index contributed by atoms with van der Waals surface area (Å²) in [5.41, 5.74) is -0.285. The topological polar surface area (TPSA) is 97.3 Å². The Balaban J connectivity index is 0.00000200. The first-order valence-electron chi connectivity index (χ1n) is 5.61. The maximum atomic E-state index is 11.2. The van der Waals surface area contributed by atoms with Gasteiger partial charge in [0.2, 0.25) is 0 Å². The van der Waals surface area contributed by atoms with Crippen molar-refractivity contribution in [3.63, 3.8) is 0 Å². The minimum absolute atomic E-state index is 0. The molecule has 0 bridgehead atoms. The molecule has 1 heterocycles. The molecule has 0 spiro atoms. The molecule has 1 aliphatic heterocycles. The number of methoxy groups -OCH3 is 1. The molecule has 1 aromatic carbocycles. The van der Waals surface area contributed by atoms with Crippen molar-refractivity contribution in [1.29, 1.82) is 0 Å². The molecule has 0 atom stereocenters. The number of carboxylic acid groups (broad SMARTS) is 1. The molecule has 1 aromatic rings. The minimum Gasteiger partial charge on any atom is -0.545 e. The summed E-state index contributed by atoms with van der Waals surface area (Å²) in [5, 5.41) is 20.5. The van der Waals surface area contributed by atoms with Gasteiger partial charge in [-0.2, -0.15) is 0 Å². The largest absolute Gasteiger partial charge is 1.00 e. The molecule has 7 nitrogen and oxygen atoms in total. The summed E-state index contributed by atoms with van der Waals surface area (Å²) in [6, 6.07) is 2.95. The molecule has 0 unspecified atom stereocenters. The van der Waals surface area contributed by atoms with Gasteiger partial charge < -0.3 is 33.8 Å². The molecule has 1 aliphatic rings. The minimum atomic E-state index is -1.47. The summed E-state index contributed by atoms with van der Waals surface area (Å²) in [5.74, 6) is -1.26. The Morgan fingerprint density at radius 3 is 2.90 bits per heavy atom. The van der Waals surface area contributed by atoms with Crippen LogP contribution in [-0.4, -0.2) is 44.9 Å². The number of rotatable bonds is 5. The van der Waals surface area contributed by atoms with Crippen LogP contribution in [0.15, 0.2) is 12.1 Å². The molecule has 0 fully saturated rings. The molecular weight excluding hydrogens is 278 g/mol. The first-order chi connectivity index (χ1) is 9.13. The van der Waals surface area contributed by atoms with Gasteiger partial charge in [0.1, 0.15) is 18.9 Å². The summed E-state index contributed by atoms with van der Waals surface area (Å²) in [4.78, 5) is 11.2. The number of carbonyl (C=O) groups is 1. The van der Waals surface area contributed by atoms with Crippen LogP contribution in [0.4, 0.5) is 0 Å². The van der Waals surface area contributed by atoms with Crippen LogP contribution in [0.3, 0.4) is 0 Å². The third-order valence-corrected chi connectivity index (χ3v) is 2.47. The molecular formula is C11H12BNaO7. The molecule has 1 N–H and O–H groups in total. The summed E-state index contributed by atoms with van der Waals surface area (Å²) >= 11 is 0. The van der Waals surface area contributed by atoms with Gasteiger partial charge in [-0.05, 0) is 12.1 Å². The zero-order valence-electron chi connectivity index (χ0n) is 11.3. The van der Waals surface area contributed by atoms with Gasteiger partial charge in [0, 0.05) is 7.11 Å². The van der Waals surface area contributed by atoms with E-state index < -0.39 is 13.1 Å². The van der Waals surface area contributed by atoms with Gasteiger partial charge in [0.05, 0.1) is 18.1 Å². The number of aromatic carboxylic acids is 1. The average molecular weight is 290 g/mol. The molecule has 9 heteroatoms. The van der Waals surface area contributed by atoms with E-state index in [1.54, 1.807) is 0 Å². The summed E-state index contributed by atoms with van der Waals surface area (Å²) in [6.07, 6.45) is 0. The molecule has 0 aromatic heterocycles. The van der Waals surface area contributed by atoms with Crippen molar-refractivity contribution < 1.29 is 63.3 Å². The predicted octanol–water partition coefficient (Wildman–Crippen LogP) is -4.13. The molecule has 102 valence electrons. The Labute approximate surface area is 138 Å². The van der Waals surface area contributed by atoms with E-state index in [0.717, 1.165) is 0 Å². The molecule has 0 radical (unpaired) electrons. The number of benzene rings is 1. The molecule has 0 amide bonds. The number of fused-ring (bicyclic) bond motifs is 1. The number of carboxylic acids is 1. The Bertz CT molecular complexity index is 482.